The van der Waals surface area contributed by atoms with E-state index in [-0.39, 0.29) is 24.2 Å². The predicted molar refractivity (Wildman–Crippen MR) is 111 cm³/mol. The molecular formula is C22H21N3O6. The number of nitro groups is 1. The fraction of sp³-hybridized carbons (Fsp3) is 0.273. The van der Waals surface area contributed by atoms with Crippen LogP contribution in [-0.2, 0) is 6.54 Å². The number of ketones is 1. The number of pyridine rings is 1. The molecule has 1 aliphatic heterocycles. The molecule has 0 aliphatic carbocycles. The molecule has 3 aromatic rings. The molecule has 0 amide bonds. The van der Waals surface area contributed by atoms with E-state index < -0.39 is 10.7 Å². The third-order valence-electron chi connectivity index (χ3n) is 5.11. The van der Waals surface area contributed by atoms with Crippen LogP contribution < -0.4 is 14.2 Å². The lowest BCUT2D eigenvalue weighted by molar-refractivity contribution is -0.390. The van der Waals surface area contributed by atoms with E-state index in [0.717, 1.165) is 17.1 Å². The molecule has 1 atom stereocenters. The van der Waals surface area contributed by atoms with Crippen molar-refractivity contribution in [3.05, 3.63) is 75.7 Å². The highest BCUT2D eigenvalue weighted by Gasteiger charge is 2.24. The number of nitrogens with zero attached hydrogens (tertiary/aromatic N) is 3. The van der Waals surface area contributed by atoms with Gasteiger partial charge in [0.15, 0.2) is 24.2 Å². The molecule has 0 saturated heterocycles. The van der Waals surface area contributed by atoms with Gasteiger partial charge in [-0.15, -0.1) is 0 Å². The van der Waals surface area contributed by atoms with Crippen LogP contribution in [0.5, 0.6) is 17.2 Å². The highest BCUT2D eigenvalue weighted by molar-refractivity contribution is 5.98. The van der Waals surface area contributed by atoms with Crippen molar-refractivity contribution in [3.8, 4) is 17.2 Å². The summed E-state index contributed by atoms with van der Waals surface area (Å²) >= 11 is 0. The molecule has 3 heterocycles. The molecule has 31 heavy (non-hydrogen) atoms. The zero-order valence-corrected chi connectivity index (χ0v) is 17.1. The first-order chi connectivity index (χ1) is 14.9. The van der Waals surface area contributed by atoms with Crippen molar-refractivity contribution in [1.29, 1.82) is 0 Å². The molecule has 4 rings (SSSR count). The lowest BCUT2D eigenvalue weighted by atomic mass is 10.1. The predicted octanol–water partition coefficient (Wildman–Crippen LogP) is 3.51. The highest BCUT2D eigenvalue weighted by Crippen LogP contribution is 2.31. The monoisotopic (exact) mass is 423 g/mol. The average molecular weight is 423 g/mol. The number of aryl methyl sites for hydroxylation is 1. The number of carbonyl (C=O) groups is 1. The summed E-state index contributed by atoms with van der Waals surface area (Å²) in [5.74, 6) is 0.682. The summed E-state index contributed by atoms with van der Waals surface area (Å²) in [7, 11) is 0. The van der Waals surface area contributed by atoms with Gasteiger partial charge in [0.25, 0.3) is 0 Å². The molecule has 1 aliphatic rings. The summed E-state index contributed by atoms with van der Waals surface area (Å²) < 4.78 is 19.2. The van der Waals surface area contributed by atoms with Crippen molar-refractivity contribution >= 4 is 11.6 Å². The Labute approximate surface area is 178 Å². The van der Waals surface area contributed by atoms with Gasteiger partial charge in [0.1, 0.15) is 12.8 Å². The fourth-order valence-electron chi connectivity index (χ4n) is 3.57. The van der Waals surface area contributed by atoms with E-state index in [1.54, 1.807) is 6.07 Å². The molecule has 160 valence electrons. The number of rotatable bonds is 7. The highest BCUT2D eigenvalue weighted by atomic mass is 16.6. The number of Topliss-reactive ketones (excluding diaryl/α,β-unsaturated/α-hetero) is 1. The third kappa shape index (κ3) is 4.20. The topological polar surface area (TPSA) is 106 Å². The van der Waals surface area contributed by atoms with Crippen LogP contribution in [0.3, 0.4) is 0 Å². The van der Waals surface area contributed by atoms with Crippen LogP contribution in [0.15, 0.2) is 48.7 Å². The van der Waals surface area contributed by atoms with Gasteiger partial charge in [-0.05, 0) is 54.1 Å². The first kappa shape index (κ1) is 20.4. The van der Waals surface area contributed by atoms with E-state index in [1.165, 1.54) is 18.3 Å². The average Bonchev–Trinajstić information content (AvgIpc) is 3.06. The Bertz CT molecular complexity index is 1140. The standard InChI is InChI=1S/C22H21N3O6/c1-14-10-17(18(26)13-30-21-8-5-9-23-22(21)25(27)28)15(2)24(14)11-16-12-29-19-6-3-4-7-20(19)31-16/h3-10,16H,11-13H2,1-2H3/t16-/m1/s1. The maximum absolute atomic E-state index is 12.8. The van der Waals surface area contributed by atoms with E-state index in [1.807, 2.05) is 42.7 Å². The summed E-state index contributed by atoms with van der Waals surface area (Å²) in [5.41, 5.74) is 2.17. The minimum Gasteiger partial charge on any atom is -0.486 e. The molecule has 0 unspecified atom stereocenters. The molecule has 0 saturated carbocycles. The smallest absolute Gasteiger partial charge is 0.406 e. The lowest BCUT2D eigenvalue weighted by Crippen LogP contribution is -2.33. The van der Waals surface area contributed by atoms with Crippen molar-refractivity contribution in [2.45, 2.75) is 26.5 Å². The van der Waals surface area contributed by atoms with Gasteiger partial charge in [-0.1, -0.05) is 12.1 Å². The van der Waals surface area contributed by atoms with Crippen molar-refractivity contribution in [2.24, 2.45) is 0 Å². The van der Waals surface area contributed by atoms with Crippen LogP contribution in [0.2, 0.25) is 0 Å². The number of carbonyl (C=O) groups excluding carboxylic acids is 1. The molecule has 2 aromatic heterocycles. The van der Waals surface area contributed by atoms with E-state index in [0.29, 0.717) is 24.5 Å². The molecule has 0 bridgehead atoms. The molecule has 0 N–H and O–H groups in total. The quantitative estimate of drug-likeness (QED) is 0.325. The summed E-state index contributed by atoms with van der Waals surface area (Å²) in [4.78, 5) is 26.9. The van der Waals surface area contributed by atoms with Gasteiger partial charge >= 0.3 is 5.82 Å². The Morgan fingerprint density at radius 2 is 2.03 bits per heavy atom. The largest absolute Gasteiger partial charge is 0.486 e. The van der Waals surface area contributed by atoms with Gasteiger partial charge in [0, 0.05) is 17.0 Å². The van der Waals surface area contributed by atoms with Crippen LogP contribution in [-0.4, -0.2) is 39.6 Å². The minimum atomic E-state index is -0.643. The molecule has 9 heteroatoms. The van der Waals surface area contributed by atoms with E-state index in [9.17, 15) is 14.9 Å². The van der Waals surface area contributed by atoms with Crippen LogP contribution >= 0.6 is 0 Å². The van der Waals surface area contributed by atoms with Gasteiger partial charge < -0.3 is 28.9 Å². The van der Waals surface area contributed by atoms with E-state index >= 15 is 0 Å². The summed E-state index contributed by atoms with van der Waals surface area (Å²) in [6.45, 7) is 4.37. The van der Waals surface area contributed by atoms with Crippen LogP contribution in [0, 0.1) is 24.0 Å². The summed E-state index contributed by atoms with van der Waals surface area (Å²) in [5, 5.41) is 11.1. The second-order valence-electron chi connectivity index (χ2n) is 7.19. The molecule has 0 radical (unpaired) electrons. The Morgan fingerprint density at radius 3 is 2.81 bits per heavy atom. The van der Waals surface area contributed by atoms with Crippen molar-refractivity contribution < 1.29 is 23.9 Å². The van der Waals surface area contributed by atoms with Crippen LogP contribution in [0.4, 0.5) is 5.82 Å². The van der Waals surface area contributed by atoms with Gasteiger partial charge in [-0.2, -0.15) is 0 Å². The number of fused-ring (bicyclic) bond motifs is 1. The number of aromatic nitrogens is 2. The molecule has 1 aromatic carbocycles. The first-order valence-electron chi connectivity index (χ1n) is 9.74. The summed E-state index contributed by atoms with van der Waals surface area (Å²) in [6.07, 6.45) is 1.10. The maximum atomic E-state index is 12.8. The number of hydrogen-bond donors (Lipinski definition) is 0. The van der Waals surface area contributed by atoms with E-state index in [4.69, 9.17) is 14.2 Å². The van der Waals surface area contributed by atoms with Crippen LogP contribution in [0.1, 0.15) is 21.7 Å². The second kappa shape index (κ2) is 8.47. The minimum absolute atomic E-state index is 0.0407. The molecule has 0 spiro atoms. The Hall–Kier alpha value is -3.88. The van der Waals surface area contributed by atoms with Crippen molar-refractivity contribution in [2.75, 3.05) is 13.2 Å². The normalized spacial score (nSPS) is 14.8. The SMILES string of the molecule is Cc1cc(C(=O)COc2cccnc2[N+](=O)[O-])c(C)n1C[C@@H]1COc2ccccc2O1. The number of ether oxygens (including phenoxy) is 3. The van der Waals surface area contributed by atoms with Gasteiger partial charge in [0.2, 0.25) is 11.5 Å². The third-order valence-corrected chi connectivity index (χ3v) is 5.11. The van der Waals surface area contributed by atoms with Crippen LogP contribution in [0.25, 0.3) is 0 Å². The second-order valence-corrected chi connectivity index (χ2v) is 7.19. The van der Waals surface area contributed by atoms with Gasteiger partial charge in [0.05, 0.1) is 6.54 Å². The molecule has 9 nitrogen and oxygen atoms in total. The van der Waals surface area contributed by atoms with E-state index in [2.05, 4.69) is 4.98 Å². The Kier molecular flexibility index (Phi) is 5.57. The maximum Gasteiger partial charge on any atom is 0.406 e. The molecular weight excluding hydrogens is 402 g/mol. The number of para-hydroxylation sites is 2. The zero-order chi connectivity index (χ0) is 22.0. The van der Waals surface area contributed by atoms with Crippen molar-refractivity contribution in [1.82, 2.24) is 9.55 Å². The first-order valence-corrected chi connectivity index (χ1v) is 9.74. The number of benzene rings is 1. The molecule has 0 fully saturated rings. The fourth-order valence-corrected chi connectivity index (χ4v) is 3.57. The number of hydrogen-bond acceptors (Lipinski definition) is 7. The summed E-state index contributed by atoms with van der Waals surface area (Å²) in [6, 6.07) is 12.2. The zero-order valence-electron chi connectivity index (χ0n) is 17.1. The van der Waals surface area contributed by atoms with Crippen molar-refractivity contribution in [3.63, 3.8) is 0 Å². The van der Waals surface area contributed by atoms with Gasteiger partial charge in [-0.3, -0.25) is 4.79 Å². The van der Waals surface area contributed by atoms with Gasteiger partial charge in [-0.25, -0.2) is 0 Å². The Balaban J connectivity index is 1.46. The Morgan fingerprint density at radius 1 is 1.26 bits per heavy atom. The lowest BCUT2D eigenvalue weighted by Gasteiger charge is -2.27.